The highest BCUT2D eigenvalue weighted by Crippen LogP contribution is 2.35. The summed E-state index contributed by atoms with van der Waals surface area (Å²) < 4.78 is 50.6. The van der Waals surface area contributed by atoms with Crippen molar-refractivity contribution in [2.75, 3.05) is 13.7 Å². The molecule has 1 rings (SSSR count). The van der Waals surface area contributed by atoms with E-state index in [1.54, 1.807) is 6.92 Å². The summed E-state index contributed by atoms with van der Waals surface area (Å²) in [7, 11) is 1.15. The van der Waals surface area contributed by atoms with Crippen LogP contribution < -0.4 is 9.47 Å². The van der Waals surface area contributed by atoms with E-state index in [-0.39, 0.29) is 36.0 Å². The summed E-state index contributed by atoms with van der Waals surface area (Å²) in [4.78, 5) is 15.4. The van der Waals surface area contributed by atoms with Crippen molar-refractivity contribution < 1.29 is 32.2 Å². The first-order valence-electron chi connectivity index (χ1n) is 5.84. The maximum atomic E-state index is 12.4. The highest BCUT2D eigenvalue weighted by atomic mass is 35.5. The molecule has 0 aliphatic rings. The predicted molar refractivity (Wildman–Crippen MR) is 67.4 cm³/mol. The number of rotatable bonds is 6. The molecule has 118 valence electrons. The molecule has 0 unspecified atom stereocenters. The lowest BCUT2D eigenvalue weighted by molar-refractivity contribution is -0.275. The van der Waals surface area contributed by atoms with Crippen LogP contribution in [0.5, 0.6) is 11.5 Å². The average molecular weight is 328 g/mol. The number of carbonyl (C=O) groups excluding carboxylic acids is 1. The van der Waals surface area contributed by atoms with E-state index in [4.69, 9.17) is 21.1 Å². The lowest BCUT2D eigenvalue weighted by Gasteiger charge is -2.16. The molecule has 9 heteroatoms. The maximum Gasteiger partial charge on any atom is 0.573 e. The van der Waals surface area contributed by atoms with E-state index in [0.29, 0.717) is 0 Å². The third kappa shape index (κ3) is 5.30. The first-order chi connectivity index (χ1) is 9.80. The van der Waals surface area contributed by atoms with Crippen LogP contribution in [0.2, 0.25) is 0 Å². The average Bonchev–Trinajstić information content (AvgIpc) is 2.36. The molecule has 1 heterocycles. The first kappa shape index (κ1) is 17.4. The van der Waals surface area contributed by atoms with Crippen molar-refractivity contribution in [3.63, 3.8) is 0 Å². The Morgan fingerprint density at radius 1 is 1.43 bits per heavy atom. The van der Waals surface area contributed by atoms with Crippen molar-refractivity contribution in [3.8, 4) is 11.5 Å². The number of pyridine rings is 1. The molecule has 0 saturated carbocycles. The highest BCUT2D eigenvalue weighted by Gasteiger charge is 2.33. The molecule has 0 aliphatic heterocycles. The summed E-state index contributed by atoms with van der Waals surface area (Å²) >= 11 is 5.58. The second-order valence-electron chi connectivity index (χ2n) is 3.75. The largest absolute Gasteiger partial charge is 0.573 e. The number of ether oxygens (including phenoxy) is 3. The van der Waals surface area contributed by atoms with E-state index in [1.807, 2.05) is 0 Å². The Morgan fingerprint density at radius 2 is 2.10 bits per heavy atom. The monoisotopic (exact) mass is 327 g/mol. The second kappa shape index (κ2) is 7.35. The fourth-order valence-electron chi connectivity index (χ4n) is 1.57. The zero-order valence-corrected chi connectivity index (χ0v) is 12.0. The van der Waals surface area contributed by atoms with Crippen molar-refractivity contribution in [1.29, 1.82) is 0 Å². The fraction of sp³-hybridized carbons (Fsp3) is 0.500. The van der Waals surface area contributed by atoms with Crippen LogP contribution in [0.1, 0.15) is 18.3 Å². The molecule has 0 radical (unpaired) electrons. The summed E-state index contributed by atoms with van der Waals surface area (Å²) in [5, 5.41) is 0. The van der Waals surface area contributed by atoms with Gasteiger partial charge in [0.15, 0.2) is 11.5 Å². The lowest BCUT2D eigenvalue weighted by atomic mass is 10.2. The van der Waals surface area contributed by atoms with Gasteiger partial charge in [0.1, 0.15) is 0 Å². The van der Waals surface area contributed by atoms with Crippen molar-refractivity contribution >= 4 is 17.6 Å². The van der Waals surface area contributed by atoms with Crippen molar-refractivity contribution in [3.05, 3.63) is 17.5 Å². The van der Waals surface area contributed by atoms with Crippen LogP contribution in [0.15, 0.2) is 6.07 Å². The minimum Gasteiger partial charge on any atom is -0.491 e. The number of methoxy groups -OCH3 is 1. The van der Waals surface area contributed by atoms with Gasteiger partial charge < -0.3 is 14.2 Å². The smallest absolute Gasteiger partial charge is 0.491 e. The van der Waals surface area contributed by atoms with Gasteiger partial charge in [-0.1, -0.05) is 0 Å². The molecule has 0 bridgehead atoms. The molecule has 0 spiro atoms. The topological polar surface area (TPSA) is 57.7 Å². The fourth-order valence-corrected chi connectivity index (χ4v) is 1.71. The molecule has 0 fully saturated rings. The Bertz CT molecular complexity index is 508. The van der Waals surface area contributed by atoms with E-state index >= 15 is 0 Å². The normalized spacial score (nSPS) is 11.1. The van der Waals surface area contributed by atoms with E-state index < -0.39 is 18.1 Å². The minimum atomic E-state index is -4.90. The zero-order chi connectivity index (χ0) is 16.0. The highest BCUT2D eigenvalue weighted by molar-refractivity contribution is 6.16. The van der Waals surface area contributed by atoms with Gasteiger partial charge >= 0.3 is 12.3 Å². The van der Waals surface area contributed by atoms with Gasteiger partial charge in [0.05, 0.1) is 37.4 Å². The van der Waals surface area contributed by atoms with Crippen molar-refractivity contribution in [1.82, 2.24) is 4.98 Å². The van der Waals surface area contributed by atoms with Crippen LogP contribution in [0.3, 0.4) is 0 Å². The molecular weight excluding hydrogens is 315 g/mol. The molecule has 0 amide bonds. The molecular formula is C12H13ClF3NO4. The molecule has 21 heavy (non-hydrogen) atoms. The van der Waals surface area contributed by atoms with E-state index in [9.17, 15) is 18.0 Å². The molecule has 5 nitrogen and oxygen atoms in total. The minimum absolute atomic E-state index is 0.0339. The summed E-state index contributed by atoms with van der Waals surface area (Å²) in [6.07, 6.45) is -5.25. The van der Waals surface area contributed by atoms with Gasteiger partial charge in [-0.3, -0.25) is 9.78 Å². The van der Waals surface area contributed by atoms with Gasteiger partial charge in [0.25, 0.3) is 0 Å². The Hall–Kier alpha value is -1.70. The maximum absolute atomic E-state index is 12.4. The Kier molecular flexibility index (Phi) is 6.07. The first-order valence-corrected chi connectivity index (χ1v) is 6.38. The number of hydrogen-bond acceptors (Lipinski definition) is 5. The summed E-state index contributed by atoms with van der Waals surface area (Å²) in [6.45, 7) is 1.75. The summed E-state index contributed by atoms with van der Waals surface area (Å²) in [6, 6.07) is 1.01. The number of halogens is 4. The second-order valence-corrected chi connectivity index (χ2v) is 4.02. The molecule has 0 atom stereocenters. The van der Waals surface area contributed by atoms with Crippen molar-refractivity contribution in [2.24, 2.45) is 0 Å². The van der Waals surface area contributed by atoms with E-state index in [2.05, 4.69) is 9.72 Å². The van der Waals surface area contributed by atoms with E-state index in [1.165, 1.54) is 0 Å². The van der Waals surface area contributed by atoms with Gasteiger partial charge in [0, 0.05) is 6.07 Å². The predicted octanol–water partition coefficient (Wildman–Crippen LogP) is 2.83. The quantitative estimate of drug-likeness (QED) is 0.594. The van der Waals surface area contributed by atoms with Crippen LogP contribution >= 0.6 is 11.6 Å². The van der Waals surface area contributed by atoms with Crippen LogP contribution in [0.25, 0.3) is 0 Å². The molecule has 0 saturated heterocycles. The zero-order valence-electron chi connectivity index (χ0n) is 11.3. The Morgan fingerprint density at radius 3 is 2.57 bits per heavy atom. The Balaban J connectivity index is 3.21. The van der Waals surface area contributed by atoms with Crippen LogP contribution in [0.4, 0.5) is 13.2 Å². The molecule has 0 aromatic carbocycles. The number of aromatic nitrogens is 1. The van der Waals surface area contributed by atoms with E-state index in [0.717, 1.165) is 13.2 Å². The number of carbonyl (C=O) groups is 1. The van der Waals surface area contributed by atoms with Crippen LogP contribution in [-0.2, 0) is 21.8 Å². The van der Waals surface area contributed by atoms with Gasteiger partial charge in [-0.2, -0.15) is 0 Å². The lowest BCUT2D eigenvalue weighted by Crippen LogP contribution is -2.19. The summed E-state index contributed by atoms with van der Waals surface area (Å²) in [5.74, 6) is -1.68. The van der Waals surface area contributed by atoms with Crippen LogP contribution in [0, 0.1) is 0 Å². The van der Waals surface area contributed by atoms with Crippen LogP contribution in [-0.4, -0.2) is 31.0 Å². The number of nitrogens with zero attached hydrogens (tertiary/aromatic N) is 1. The van der Waals surface area contributed by atoms with Gasteiger partial charge in [-0.05, 0) is 6.92 Å². The van der Waals surface area contributed by atoms with Crippen molar-refractivity contribution in [2.45, 2.75) is 25.6 Å². The molecule has 0 aliphatic carbocycles. The van der Waals surface area contributed by atoms with Gasteiger partial charge in [-0.15, -0.1) is 24.8 Å². The third-order valence-electron chi connectivity index (χ3n) is 2.25. The SMILES string of the molecule is CCOC(=O)Cc1nc(CCl)cc(OC(F)(F)F)c1OC. The molecule has 1 aromatic heterocycles. The Labute approximate surface area is 124 Å². The summed E-state index contributed by atoms with van der Waals surface area (Å²) in [5.41, 5.74) is 0.0874. The molecule has 0 N–H and O–H groups in total. The number of alkyl halides is 4. The van der Waals surface area contributed by atoms with Gasteiger partial charge in [-0.25, -0.2) is 0 Å². The van der Waals surface area contributed by atoms with Gasteiger partial charge in [0.2, 0.25) is 0 Å². The number of esters is 1. The third-order valence-corrected chi connectivity index (χ3v) is 2.52. The number of hydrogen-bond donors (Lipinski definition) is 0. The molecule has 1 aromatic rings. The standard InChI is InChI=1S/C12H13ClF3NO4/c1-3-20-10(18)5-8-11(19-2)9(21-12(14,15)16)4-7(6-13)17-8/h4H,3,5-6H2,1-2H3.